The van der Waals surface area contributed by atoms with Crippen molar-refractivity contribution < 1.29 is 9.90 Å². The van der Waals surface area contributed by atoms with Crippen LogP contribution >= 0.6 is 0 Å². The molecule has 1 saturated heterocycles. The smallest absolute Gasteiger partial charge is 0.331 e. The maximum atomic E-state index is 10.9. The van der Waals surface area contributed by atoms with Crippen LogP contribution in [0.5, 0.6) is 0 Å². The van der Waals surface area contributed by atoms with Gasteiger partial charge >= 0.3 is 5.97 Å². The molecule has 0 radical (unpaired) electrons. The molecule has 0 aliphatic carbocycles. The van der Waals surface area contributed by atoms with Crippen molar-refractivity contribution in [1.82, 2.24) is 4.90 Å². The van der Waals surface area contributed by atoms with E-state index in [1.54, 1.807) is 0 Å². The Balaban J connectivity index is 2.53. The van der Waals surface area contributed by atoms with Crippen molar-refractivity contribution in [3.8, 4) is 0 Å². The van der Waals surface area contributed by atoms with E-state index in [0.717, 1.165) is 19.6 Å². The molecule has 1 N–H and O–H groups in total. The number of rotatable bonds is 6. The molecule has 0 unspecified atom stereocenters. The predicted octanol–water partition coefficient (Wildman–Crippen LogP) is 2.92. The summed E-state index contributed by atoms with van der Waals surface area (Å²) in [6, 6.07) is 0. The maximum absolute atomic E-state index is 10.9. The fourth-order valence-corrected chi connectivity index (χ4v) is 2.63. The van der Waals surface area contributed by atoms with Crippen LogP contribution in [0.15, 0.2) is 11.6 Å². The number of carboxylic acids is 1. The first-order chi connectivity index (χ1) is 8.06. The van der Waals surface area contributed by atoms with E-state index < -0.39 is 5.97 Å². The fraction of sp³-hybridized carbons (Fsp3) is 0.786. The molecule has 1 aliphatic heterocycles. The van der Waals surface area contributed by atoms with Crippen LogP contribution in [0.4, 0.5) is 0 Å². The molecule has 1 rings (SSSR count). The molecule has 0 aromatic rings. The number of aliphatic carboxylic acids is 1. The summed E-state index contributed by atoms with van der Waals surface area (Å²) < 4.78 is 0. The first-order valence-corrected chi connectivity index (χ1v) is 6.71. The van der Waals surface area contributed by atoms with Crippen LogP contribution < -0.4 is 0 Å². The molecule has 1 aliphatic rings. The Labute approximate surface area is 105 Å². The van der Waals surface area contributed by atoms with Gasteiger partial charge in [-0.15, -0.1) is 0 Å². The molecule has 0 spiro atoms. The zero-order valence-corrected chi connectivity index (χ0v) is 11.3. The summed E-state index contributed by atoms with van der Waals surface area (Å²) >= 11 is 0. The Bertz CT molecular complexity index is 293. The van der Waals surface area contributed by atoms with E-state index in [-0.39, 0.29) is 0 Å². The van der Waals surface area contributed by atoms with Gasteiger partial charge in [-0.1, -0.05) is 26.8 Å². The van der Waals surface area contributed by atoms with Crippen LogP contribution in [0, 0.1) is 5.41 Å². The van der Waals surface area contributed by atoms with Crippen molar-refractivity contribution in [1.29, 1.82) is 0 Å². The van der Waals surface area contributed by atoms with Gasteiger partial charge in [0.15, 0.2) is 0 Å². The highest BCUT2D eigenvalue weighted by Crippen LogP contribution is 2.36. The highest BCUT2D eigenvalue weighted by atomic mass is 16.4. The standard InChI is InChI=1S/C14H25NO2/c1-4-12(13(16)17)7-9-15-10-8-14(5-2,6-3)11-15/h7H,4-6,8-11H2,1-3H3,(H,16,17). The highest BCUT2D eigenvalue weighted by molar-refractivity contribution is 5.86. The number of hydrogen-bond donors (Lipinski definition) is 1. The predicted molar refractivity (Wildman–Crippen MR) is 70.1 cm³/mol. The van der Waals surface area contributed by atoms with Gasteiger partial charge in [-0.05, 0) is 37.6 Å². The third-order valence-electron chi connectivity index (χ3n) is 4.27. The summed E-state index contributed by atoms with van der Waals surface area (Å²) in [7, 11) is 0. The Hall–Kier alpha value is -0.830. The van der Waals surface area contributed by atoms with E-state index in [9.17, 15) is 4.79 Å². The first kappa shape index (κ1) is 14.2. The Kier molecular flexibility index (Phi) is 5.19. The van der Waals surface area contributed by atoms with Gasteiger partial charge in [-0.3, -0.25) is 4.90 Å². The lowest BCUT2D eigenvalue weighted by Gasteiger charge is -2.26. The number of carboxylic acid groups (broad SMARTS) is 1. The number of carbonyl (C=O) groups is 1. The normalized spacial score (nSPS) is 20.8. The molecule has 0 amide bonds. The van der Waals surface area contributed by atoms with Crippen molar-refractivity contribution in [3.63, 3.8) is 0 Å². The van der Waals surface area contributed by atoms with E-state index in [2.05, 4.69) is 18.7 Å². The molecular formula is C14H25NO2. The monoisotopic (exact) mass is 239 g/mol. The van der Waals surface area contributed by atoms with E-state index >= 15 is 0 Å². The third kappa shape index (κ3) is 3.56. The van der Waals surface area contributed by atoms with Crippen LogP contribution in [-0.4, -0.2) is 35.6 Å². The second-order valence-electron chi connectivity index (χ2n) is 5.08. The maximum Gasteiger partial charge on any atom is 0.331 e. The second kappa shape index (κ2) is 6.20. The third-order valence-corrected chi connectivity index (χ3v) is 4.27. The summed E-state index contributed by atoms with van der Waals surface area (Å²) in [4.78, 5) is 13.3. The zero-order chi connectivity index (χ0) is 12.9. The molecule has 98 valence electrons. The van der Waals surface area contributed by atoms with Crippen LogP contribution in [0.3, 0.4) is 0 Å². The van der Waals surface area contributed by atoms with Gasteiger partial charge in [0.1, 0.15) is 0 Å². The van der Waals surface area contributed by atoms with Crippen molar-refractivity contribution >= 4 is 5.97 Å². The Morgan fingerprint density at radius 3 is 2.41 bits per heavy atom. The molecule has 3 heteroatoms. The Morgan fingerprint density at radius 2 is 2.00 bits per heavy atom. The van der Waals surface area contributed by atoms with Gasteiger partial charge in [0.2, 0.25) is 0 Å². The molecule has 0 bridgehead atoms. The van der Waals surface area contributed by atoms with Gasteiger partial charge in [-0.25, -0.2) is 4.79 Å². The quantitative estimate of drug-likeness (QED) is 0.724. The minimum absolute atomic E-state index is 0.476. The number of nitrogens with zero attached hydrogens (tertiary/aromatic N) is 1. The second-order valence-corrected chi connectivity index (χ2v) is 5.08. The van der Waals surface area contributed by atoms with Gasteiger partial charge in [0.25, 0.3) is 0 Å². The van der Waals surface area contributed by atoms with Gasteiger partial charge in [0, 0.05) is 18.7 Å². The van der Waals surface area contributed by atoms with Crippen LogP contribution in [-0.2, 0) is 4.79 Å². The minimum Gasteiger partial charge on any atom is -0.478 e. The van der Waals surface area contributed by atoms with E-state index in [4.69, 9.17) is 5.11 Å². The SMILES string of the molecule is CCC(=CCN1CCC(CC)(CC)C1)C(=O)O. The average Bonchev–Trinajstić information content (AvgIpc) is 2.74. The van der Waals surface area contributed by atoms with Gasteiger partial charge in [0.05, 0.1) is 0 Å². The van der Waals surface area contributed by atoms with E-state index in [1.807, 2.05) is 13.0 Å². The van der Waals surface area contributed by atoms with Gasteiger partial charge in [-0.2, -0.15) is 0 Å². The van der Waals surface area contributed by atoms with Crippen LogP contribution in [0.1, 0.15) is 46.5 Å². The zero-order valence-electron chi connectivity index (χ0n) is 11.3. The van der Waals surface area contributed by atoms with Crippen molar-refractivity contribution in [3.05, 3.63) is 11.6 Å². The minimum atomic E-state index is -0.774. The molecule has 3 nitrogen and oxygen atoms in total. The van der Waals surface area contributed by atoms with Crippen LogP contribution in [0.25, 0.3) is 0 Å². The lowest BCUT2D eigenvalue weighted by atomic mass is 9.82. The summed E-state index contributed by atoms with van der Waals surface area (Å²) in [5.74, 6) is -0.774. The molecule has 17 heavy (non-hydrogen) atoms. The molecule has 1 fully saturated rings. The van der Waals surface area contributed by atoms with Crippen molar-refractivity contribution in [2.45, 2.75) is 46.5 Å². The number of likely N-dealkylation sites (tertiary alicyclic amines) is 1. The molecule has 1 heterocycles. The molecule has 0 aromatic heterocycles. The summed E-state index contributed by atoms with van der Waals surface area (Å²) in [6.45, 7) is 9.43. The average molecular weight is 239 g/mol. The van der Waals surface area contributed by atoms with Crippen LogP contribution in [0.2, 0.25) is 0 Å². The van der Waals surface area contributed by atoms with E-state index in [1.165, 1.54) is 19.3 Å². The first-order valence-electron chi connectivity index (χ1n) is 6.71. The molecule has 0 saturated carbocycles. The largest absolute Gasteiger partial charge is 0.478 e. The lowest BCUT2D eigenvalue weighted by molar-refractivity contribution is -0.132. The highest BCUT2D eigenvalue weighted by Gasteiger charge is 2.34. The lowest BCUT2D eigenvalue weighted by Crippen LogP contribution is -2.26. The van der Waals surface area contributed by atoms with Crippen molar-refractivity contribution in [2.75, 3.05) is 19.6 Å². The van der Waals surface area contributed by atoms with E-state index in [0.29, 0.717) is 17.4 Å². The topological polar surface area (TPSA) is 40.5 Å². The summed E-state index contributed by atoms with van der Waals surface area (Å²) in [5.41, 5.74) is 1.01. The number of hydrogen-bond acceptors (Lipinski definition) is 2. The van der Waals surface area contributed by atoms with Gasteiger partial charge < -0.3 is 5.11 Å². The fourth-order valence-electron chi connectivity index (χ4n) is 2.63. The molecular weight excluding hydrogens is 214 g/mol. The van der Waals surface area contributed by atoms with Crippen molar-refractivity contribution in [2.24, 2.45) is 5.41 Å². The molecule has 0 atom stereocenters. The summed E-state index contributed by atoms with van der Waals surface area (Å²) in [6.07, 6.45) is 6.19. The molecule has 0 aromatic carbocycles. The Morgan fingerprint density at radius 1 is 1.35 bits per heavy atom. The summed E-state index contributed by atoms with van der Waals surface area (Å²) in [5, 5.41) is 8.96.